The topological polar surface area (TPSA) is 0 Å². The minimum atomic E-state index is 0.992. The van der Waals surface area contributed by atoms with Crippen molar-refractivity contribution in [3.8, 4) is 0 Å². The SMILES string of the molecule is CCCCc1ccccc1PC1CCCCC1. The zero-order valence-electron chi connectivity index (χ0n) is 11.0. The minimum Gasteiger partial charge on any atom is -0.0869 e. The smallest absolute Gasteiger partial charge is 0.0196 e. The highest BCUT2D eigenvalue weighted by Gasteiger charge is 2.15. The molecule has 0 radical (unpaired) electrons. The van der Waals surface area contributed by atoms with Gasteiger partial charge < -0.3 is 0 Å². The van der Waals surface area contributed by atoms with Crippen molar-refractivity contribution >= 4 is 13.9 Å². The van der Waals surface area contributed by atoms with Crippen LogP contribution in [0.3, 0.4) is 0 Å². The lowest BCUT2D eigenvalue weighted by molar-refractivity contribution is 0.514. The molecule has 1 saturated carbocycles. The first kappa shape index (κ1) is 13.1. The summed E-state index contributed by atoms with van der Waals surface area (Å²) in [5.41, 5.74) is 2.62. The van der Waals surface area contributed by atoms with Crippen LogP contribution in [-0.4, -0.2) is 5.66 Å². The standard InChI is InChI=1S/C16H25P/c1-2-3-9-14-10-7-8-13-16(14)17-15-11-5-4-6-12-15/h7-8,10,13,15,17H,2-6,9,11-12H2,1H3. The second-order valence-electron chi connectivity index (χ2n) is 5.24. The average molecular weight is 248 g/mol. The number of benzene rings is 1. The van der Waals surface area contributed by atoms with Gasteiger partial charge in [-0.05, 0) is 42.2 Å². The average Bonchev–Trinajstić information content (AvgIpc) is 2.39. The van der Waals surface area contributed by atoms with E-state index in [0.717, 1.165) is 14.2 Å². The Kier molecular flexibility index (Phi) is 5.52. The van der Waals surface area contributed by atoms with Gasteiger partial charge in [0.2, 0.25) is 0 Å². The van der Waals surface area contributed by atoms with Gasteiger partial charge in [-0.15, -0.1) is 0 Å². The summed E-state index contributed by atoms with van der Waals surface area (Å²) in [5.74, 6) is 0. The van der Waals surface area contributed by atoms with E-state index < -0.39 is 0 Å². The Balaban J connectivity index is 1.98. The molecule has 94 valence electrons. The molecule has 1 atom stereocenters. The highest BCUT2D eigenvalue weighted by Crippen LogP contribution is 2.33. The third-order valence-electron chi connectivity index (χ3n) is 3.78. The molecule has 0 aromatic heterocycles. The Morgan fingerprint density at radius 3 is 2.65 bits per heavy atom. The minimum absolute atomic E-state index is 0.992. The van der Waals surface area contributed by atoms with E-state index in [1.807, 2.05) is 0 Å². The van der Waals surface area contributed by atoms with Crippen LogP contribution in [0.15, 0.2) is 24.3 Å². The Labute approximate surface area is 108 Å². The number of hydrogen-bond acceptors (Lipinski definition) is 0. The van der Waals surface area contributed by atoms with E-state index >= 15 is 0 Å². The van der Waals surface area contributed by atoms with E-state index in [9.17, 15) is 0 Å². The molecule has 1 unspecified atom stereocenters. The maximum atomic E-state index is 2.37. The van der Waals surface area contributed by atoms with Crippen LogP contribution < -0.4 is 5.30 Å². The second-order valence-corrected chi connectivity index (χ2v) is 6.88. The zero-order valence-corrected chi connectivity index (χ0v) is 12.0. The van der Waals surface area contributed by atoms with Crippen LogP contribution in [0.2, 0.25) is 0 Å². The van der Waals surface area contributed by atoms with Crippen molar-refractivity contribution in [2.75, 3.05) is 0 Å². The monoisotopic (exact) mass is 248 g/mol. The largest absolute Gasteiger partial charge is 0.0869 e. The molecular formula is C16H25P. The molecule has 1 aliphatic carbocycles. The fourth-order valence-corrected chi connectivity index (χ4v) is 4.44. The van der Waals surface area contributed by atoms with Gasteiger partial charge in [0.1, 0.15) is 0 Å². The normalized spacial score (nSPS) is 17.9. The van der Waals surface area contributed by atoms with E-state index in [-0.39, 0.29) is 0 Å². The van der Waals surface area contributed by atoms with E-state index in [2.05, 4.69) is 31.2 Å². The number of hydrogen-bond donors (Lipinski definition) is 0. The fourth-order valence-electron chi connectivity index (χ4n) is 2.71. The summed E-state index contributed by atoms with van der Waals surface area (Å²) in [5, 5.41) is 1.66. The van der Waals surface area contributed by atoms with Gasteiger partial charge in [-0.1, -0.05) is 65.5 Å². The lowest BCUT2D eigenvalue weighted by Crippen LogP contribution is -2.13. The zero-order chi connectivity index (χ0) is 11.9. The van der Waals surface area contributed by atoms with Crippen LogP contribution in [-0.2, 0) is 6.42 Å². The Bertz CT molecular complexity index is 326. The van der Waals surface area contributed by atoms with Crippen molar-refractivity contribution in [1.82, 2.24) is 0 Å². The van der Waals surface area contributed by atoms with E-state index in [4.69, 9.17) is 0 Å². The molecule has 1 aromatic carbocycles. The summed E-state index contributed by atoms with van der Waals surface area (Å²) in [4.78, 5) is 0. The molecular weight excluding hydrogens is 223 g/mol. The molecule has 0 bridgehead atoms. The van der Waals surface area contributed by atoms with E-state index in [0.29, 0.717) is 0 Å². The van der Waals surface area contributed by atoms with Crippen molar-refractivity contribution in [2.24, 2.45) is 0 Å². The predicted molar refractivity (Wildman–Crippen MR) is 79.9 cm³/mol. The summed E-state index contributed by atoms with van der Waals surface area (Å²) in [7, 11) is 1.06. The lowest BCUT2D eigenvalue weighted by atomic mass is 10.0. The van der Waals surface area contributed by atoms with Crippen molar-refractivity contribution < 1.29 is 0 Å². The lowest BCUT2D eigenvalue weighted by Gasteiger charge is -2.22. The summed E-state index contributed by atoms with van der Waals surface area (Å²) < 4.78 is 0. The van der Waals surface area contributed by atoms with Gasteiger partial charge in [-0.2, -0.15) is 0 Å². The van der Waals surface area contributed by atoms with Crippen molar-refractivity contribution in [3.05, 3.63) is 29.8 Å². The molecule has 1 aliphatic rings. The third-order valence-corrected chi connectivity index (χ3v) is 5.57. The highest BCUT2D eigenvalue weighted by atomic mass is 31.1. The molecule has 0 nitrogen and oxygen atoms in total. The molecule has 2 rings (SSSR count). The third kappa shape index (κ3) is 4.11. The van der Waals surface area contributed by atoms with Crippen molar-refractivity contribution in [3.63, 3.8) is 0 Å². The van der Waals surface area contributed by atoms with Gasteiger partial charge in [-0.25, -0.2) is 0 Å². The summed E-state index contributed by atoms with van der Waals surface area (Å²) in [6, 6.07) is 9.15. The number of rotatable bonds is 5. The second kappa shape index (κ2) is 7.17. The maximum Gasteiger partial charge on any atom is -0.0196 e. The summed E-state index contributed by atoms with van der Waals surface area (Å²) >= 11 is 0. The first-order valence-corrected chi connectivity index (χ1v) is 8.32. The van der Waals surface area contributed by atoms with Crippen LogP contribution >= 0.6 is 8.58 Å². The van der Waals surface area contributed by atoms with Gasteiger partial charge in [0.15, 0.2) is 0 Å². The maximum absolute atomic E-state index is 2.37. The molecule has 0 saturated heterocycles. The molecule has 0 aliphatic heterocycles. The first-order chi connectivity index (χ1) is 8.40. The Hall–Kier alpha value is -0.350. The van der Waals surface area contributed by atoms with Crippen LogP contribution in [0.25, 0.3) is 0 Å². The number of aryl methyl sites for hydroxylation is 1. The Morgan fingerprint density at radius 1 is 1.12 bits per heavy atom. The number of unbranched alkanes of at least 4 members (excludes halogenated alkanes) is 1. The van der Waals surface area contributed by atoms with E-state index in [1.54, 1.807) is 10.9 Å². The van der Waals surface area contributed by atoms with Gasteiger partial charge in [-0.3, -0.25) is 0 Å². The van der Waals surface area contributed by atoms with Crippen LogP contribution in [0, 0.1) is 0 Å². The molecule has 1 heteroatoms. The molecule has 0 N–H and O–H groups in total. The van der Waals surface area contributed by atoms with E-state index in [1.165, 1.54) is 51.4 Å². The van der Waals surface area contributed by atoms with Crippen LogP contribution in [0.1, 0.15) is 57.4 Å². The summed E-state index contributed by atoms with van der Waals surface area (Å²) in [6.45, 7) is 2.28. The van der Waals surface area contributed by atoms with Gasteiger partial charge in [0.25, 0.3) is 0 Å². The molecule has 0 heterocycles. The summed E-state index contributed by atoms with van der Waals surface area (Å²) in [6.07, 6.45) is 11.3. The molecule has 17 heavy (non-hydrogen) atoms. The Morgan fingerprint density at radius 2 is 1.88 bits per heavy atom. The van der Waals surface area contributed by atoms with Crippen molar-refractivity contribution in [1.29, 1.82) is 0 Å². The van der Waals surface area contributed by atoms with Gasteiger partial charge in [0.05, 0.1) is 0 Å². The first-order valence-electron chi connectivity index (χ1n) is 7.24. The van der Waals surface area contributed by atoms with Crippen molar-refractivity contribution in [2.45, 2.75) is 63.9 Å². The highest BCUT2D eigenvalue weighted by molar-refractivity contribution is 7.48. The quantitative estimate of drug-likeness (QED) is 0.664. The van der Waals surface area contributed by atoms with Gasteiger partial charge in [0, 0.05) is 0 Å². The molecule has 1 aromatic rings. The molecule has 0 spiro atoms. The molecule has 1 fully saturated rings. The predicted octanol–water partition coefficient (Wildman–Crippen LogP) is 4.67. The van der Waals surface area contributed by atoms with Crippen LogP contribution in [0.4, 0.5) is 0 Å². The molecule has 0 amide bonds. The fraction of sp³-hybridized carbons (Fsp3) is 0.625. The van der Waals surface area contributed by atoms with Gasteiger partial charge >= 0.3 is 0 Å². The van der Waals surface area contributed by atoms with Crippen LogP contribution in [0.5, 0.6) is 0 Å².